The summed E-state index contributed by atoms with van der Waals surface area (Å²) >= 11 is 0. The van der Waals surface area contributed by atoms with E-state index >= 15 is 0 Å². The van der Waals surface area contributed by atoms with Crippen molar-refractivity contribution in [2.45, 2.75) is 26.3 Å². The Bertz CT molecular complexity index is 1170. The van der Waals surface area contributed by atoms with Gasteiger partial charge in [-0.3, -0.25) is 9.89 Å². The van der Waals surface area contributed by atoms with Crippen molar-refractivity contribution in [1.82, 2.24) is 14.8 Å². The van der Waals surface area contributed by atoms with E-state index in [0.29, 0.717) is 17.9 Å². The highest BCUT2D eigenvalue weighted by atomic mass is 16.3. The first-order chi connectivity index (χ1) is 14.2. The van der Waals surface area contributed by atoms with Crippen LogP contribution in [0.2, 0.25) is 0 Å². The lowest BCUT2D eigenvalue weighted by atomic mass is 10.1. The van der Waals surface area contributed by atoms with Gasteiger partial charge in [-0.05, 0) is 18.6 Å². The zero-order valence-corrected chi connectivity index (χ0v) is 16.0. The maximum atomic E-state index is 12.5. The van der Waals surface area contributed by atoms with Crippen LogP contribution in [0.15, 0.2) is 70.9 Å². The number of para-hydroxylation sites is 1. The summed E-state index contributed by atoms with van der Waals surface area (Å²) in [6.07, 6.45) is 1.93. The van der Waals surface area contributed by atoms with Crippen LogP contribution in [0.25, 0.3) is 22.2 Å². The van der Waals surface area contributed by atoms with Crippen LogP contribution in [0.1, 0.15) is 30.3 Å². The van der Waals surface area contributed by atoms with Crippen molar-refractivity contribution in [3.05, 3.63) is 66.4 Å². The number of carbonyl (C=O) groups excluding carboxylic acids is 1. The molecule has 146 valence electrons. The normalized spacial score (nSPS) is 11.5. The highest BCUT2D eigenvalue weighted by Gasteiger charge is 2.17. The number of aromatic amines is 1. The number of aromatic hydroxyl groups is 1. The van der Waals surface area contributed by atoms with Crippen molar-refractivity contribution >= 4 is 22.5 Å². The molecule has 4 rings (SSSR count). The molecule has 0 saturated heterocycles. The molecule has 0 aliphatic heterocycles. The molecule has 7 heteroatoms. The molecule has 0 unspecified atom stereocenters. The summed E-state index contributed by atoms with van der Waals surface area (Å²) in [5.74, 6) is -0.532. The molecular formula is C22H21N5O2. The quantitative estimate of drug-likeness (QED) is 0.430. The Morgan fingerprint density at radius 3 is 2.69 bits per heavy atom. The molecule has 0 bridgehead atoms. The molecule has 0 aliphatic rings. The average molecular weight is 387 g/mol. The van der Waals surface area contributed by atoms with Crippen LogP contribution in [0, 0.1) is 0 Å². The second-order valence-corrected chi connectivity index (χ2v) is 6.73. The number of nitrogens with zero attached hydrogens (tertiary/aromatic N) is 4. The van der Waals surface area contributed by atoms with E-state index in [1.54, 1.807) is 10.6 Å². The second kappa shape index (κ2) is 8.10. The molecular weight excluding hydrogens is 366 g/mol. The predicted octanol–water partition coefficient (Wildman–Crippen LogP) is 5.46. The molecule has 0 atom stereocenters. The second-order valence-electron chi connectivity index (χ2n) is 6.73. The smallest absolute Gasteiger partial charge is 0.313 e. The van der Waals surface area contributed by atoms with Gasteiger partial charge in [0.2, 0.25) is 5.88 Å². The van der Waals surface area contributed by atoms with Crippen molar-refractivity contribution in [2.75, 3.05) is 0 Å². The van der Waals surface area contributed by atoms with Gasteiger partial charge in [0, 0.05) is 17.5 Å². The summed E-state index contributed by atoms with van der Waals surface area (Å²) in [4.78, 5) is 12.5. The maximum absolute atomic E-state index is 12.5. The molecule has 2 aromatic heterocycles. The van der Waals surface area contributed by atoms with Gasteiger partial charge in [-0.15, -0.1) is 10.2 Å². The van der Waals surface area contributed by atoms with Gasteiger partial charge in [0.15, 0.2) is 5.69 Å². The number of aromatic nitrogens is 3. The number of aryl methyl sites for hydroxylation is 1. The van der Waals surface area contributed by atoms with Crippen molar-refractivity contribution in [3.8, 4) is 17.1 Å². The van der Waals surface area contributed by atoms with E-state index in [1.807, 2.05) is 54.6 Å². The molecule has 2 aromatic carbocycles. The summed E-state index contributed by atoms with van der Waals surface area (Å²) in [5.41, 5.74) is 2.96. The summed E-state index contributed by atoms with van der Waals surface area (Å²) in [6, 6.07) is 18.8. The SMILES string of the molecule is CCCCn1c(O)c(N=NC(=O)c2cc(-c3ccccc3)n[nH]2)c2ccccc21. The number of carbonyl (C=O) groups is 1. The van der Waals surface area contributed by atoms with Crippen LogP contribution in [0.5, 0.6) is 5.88 Å². The summed E-state index contributed by atoms with van der Waals surface area (Å²) in [6.45, 7) is 2.77. The van der Waals surface area contributed by atoms with E-state index in [-0.39, 0.29) is 11.6 Å². The molecule has 7 nitrogen and oxygen atoms in total. The Kier molecular flexibility index (Phi) is 5.20. The Labute approximate surface area is 167 Å². The van der Waals surface area contributed by atoms with E-state index in [0.717, 1.165) is 29.3 Å². The third-order valence-corrected chi connectivity index (χ3v) is 4.77. The summed E-state index contributed by atoms with van der Waals surface area (Å²) < 4.78 is 1.81. The van der Waals surface area contributed by atoms with Gasteiger partial charge >= 0.3 is 5.91 Å². The molecule has 0 saturated carbocycles. The largest absolute Gasteiger partial charge is 0.493 e. The molecule has 0 spiro atoms. The Balaban J connectivity index is 1.62. The topological polar surface area (TPSA) is 95.6 Å². The van der Waals surface area contributed by atoms with Crippen LogP contribution in [0.4, 0.5) is 5.69 Å². The zero-order chi connectivity index (χ0) is 20.2. The highest BCUT2D eigenvalue weighted by molar-refractivity contribution is 5.97. The molecule has 4 aromatic rings. The van der Waals surface area contributed by atoms with E-state index in [4.69, 9.17) is 0 Å². The lowest BCUT2D eigenvalue weighted by molar-refractivity contribution is 0.0990. The predicted molar refractivity (Wildman–Crippen MR) is 111 cm³/mol. The number of hydrogen-bond donors (Lipinski definition) is 2. The van der Waals surface area contributed by atoms with Crippen molar-refractivity contribution in [1.29, 1.82) is 0 Å². The lowest BCUT2D eigenvalue weighted by Gasteiger charge is -2.05. The minimum absolute atomic E-state index is 0.0192. The Hall–Kier alpha value is -3.74. The number of unbranched alkanes of at least 4 members (excludes halogenated alkanes) is 1. The van der Waals surface area contributed by atoms with Gasteiger partial charge in [-0.2, -0.15) is 5.10 Å². The van der Waals surface area contributed by atoms with Gasteiger partial charge in [0.25, 0.3) is 0 Å². The summed E-state index contributed by atoms with van der Waals surface area (Å²) in [7, 11) is 0. The van der Waals surface area contributed by atoms with Crippen LogP contribution < -0.4 is 0 Å². The van der Waals surface area contributed by atoms with E-state index in [9.17, 15) is 9.90 Å². The van der Waals surface area contributed by atoms with E-state index < -0.39 is 5.91 Å². The minimum Gasteiger partial charge on any atom is -0.493 e. The van der Waals surface area contributed by atoms with E-state index in [1.165, 1.54) is 0 Å². The molecule has 2 heterocycles. The monoisotopic (exact) mass is 387 g/mol. The fraction of sp³-hybridized carbons (Fsp3) is 0.182. The number of fused-ring (bicyclic) bond motifs is 1. The molecule has 0 aliphatic carbocycles. The first kappa shape index (κ1) is 18.6. The minimum atomic E-state index is -0.551. The number of H-pyrrole nitrogens is 1. The molecule has 0 fully saturated rings. The van der Waals surface area contributed by atoms with Gasteiger partial charge < -0.3 is 9.67 Å². The van der Waals surface area contributed by atoms with Crippen molar-refractivity contribution in [2.24, 2.45) is 10.2 Å². The van der Waals surface area contributed by atoms with Gasteiger partial charge in [0.1, 0.15) is 5.69 Å². The first-order valence-corrected chi connectivity index (χ1v) is 9.56. The number of hydrogen-bond acceptors (Lipinski definition) is 4. The molecule has 1 amide bonds. The Morgan fingerprint density at radius 1 is 1.14 bits per heavy atom. The fourth-order valence-corrected chi connectivity index (χ4v) is 3.25. The van der Waals surface area contributed by atoms with Crippen LogP contribution >= 0.6 is 0 Å². The number of nitrogens with one attached hydrogen (secondary N) is 1. The molecule has 29 heavy (non-hydrogen) atoms. The van der Waals surface area contributed by atoms with Crippen LogP contribution in [-0.4, -0.2) is 25.8 Å². The average Bonchev–Trinajstić information content (AvgIpc) is 3.35. The highest BCUT2D eigenvalue weighted by Crippen LogP contribution is 2.39. The Morgan fingerprint density at radius 2 is 1.90 bits per heavy atom. The number of rotatable bonds is 6. The third-order valence-electron chi connectivity index (χ3n) is 4.77. The molecule has 0 radical (unpaired) electrons. The number of azo groups is 1. The standard InChI is InChI=1S/C22H21N5O2/c1-2-3-13-27-19-12-8-7-11-16(19)20(22(27)29)25-26-21(28)18-14-17(23-24-18)15-9-5-4-6-10-15/h4-12,14,29H,2-3,13H2,1H3,(H,23,24). The van der Waals surface area contributed by atoms with Gasteiger partial charge in [0.05, 0.1) is 11.2 Å². The van der Waals surface area contributed by atoms with Gasteiger partial charge in [-0.25, -0.2) is 0 Å². The van der Waals surface area contributed by atoms with Crippen LogP contribution in [0.3, 0.4) is 0 Å². The van der Waals surface area contributed by atoms with Gasteiger partial charge in [-0.1, -0.05) is 61.9 Å². The van der Waals surface area contributed by atoms with Crippen molar-refractivity contribution in [3.63, 3.8) is 0 Å². The fourth-order valence-electron chi connectivity index (χ4n) is 3.25. The van der Waals surface area contributed by atoms with Crippen molar-refractivity contribution < 1.29 is 9.90 Å². The zero-order valence-electron chi connectivity index (χ0n) is 16.0. The summed E-state index contributed by atoms with van der Waals surface area (Å²) in [5, 5.41) is 26.2. The third kappa shape index (κ3) is 3.67. The lowest BCUT2D eigenvalue weighted by Crippen LogP contribution is -1.96. The van der Waals surface area contributed by atoms with Crippen LogP contribution in [-0.2, 0) is 6.54 Å². The number of amides is 1. The molecule has 2 N–H and O–H groups in total. The first-order valence-electron chi connectivity index (χ1n) is 9.56. The van der Waals surface area contributed by atoms with E-state index in [2.05, 4.69) is 27.3 Å². The number of benzene rings is 2. The maximum Gasteiger partial charge on any atom is 0.313 e.